The molecule has 0 aliphatic carbocycles. The van der Waals surface area contributed by atoms with Crippen LogP contribution in [0, 0.1) is 0 Å². The summed E-state index contributed by atoms with van der Waals surface area (Å²) >= 11 is 9.47. The molecule has 112 valence electrons. The maximum atomic E-state index is 10.3. The standard InChI is InChI=1S/C17H19BrClNO/c1-20(12-13-5-4-6-14(19)11-13)10-9-17(21)15-7-2-3-8-16(15)18/h2-8,11,17,21H,9-10,12H2,1H3. The van der Waals surface area contributed by atoms with E-state index in [-0.39, 0.29) is 0 Å². The molecule has 21 heavy (non-hydrogen) atoms. The fourth-order valence-corrected chi connectivity index (χ4v) is 3.03. The summed E-state index contributed by atoms with van der Waals surface area (Å²) in [6.07, 6.45) is 0.238. The van der Waals surface area contributed by atoms with Gasteiger partial charge >= 0.3 is 0 Å². The second-order valence-corrected chi connectivity index (χ2v) is 6.48. The zero-order valence-electron chi connectivity index (χ0n) is 12.0. The predicted octanol–water partition coefficient (Wildman–Crippen LogP) is 4.66. The Morgan fingerprint density at radius 3 is 2.67 bits per heavy atom. The Kier molecular flexibility index (Phi) is 6.24. The molecule has 2 aromatic carbocycles. The van der Waals surface area contributed by atoms with E-state index in [1.165, 1.54) is 5.56 Å². The lowest BCUT2D eigenvalue weighted by Gasteiger charge is -2.20. The van der Waals surface area contributed by atoms with Crippen molar-refractivity contribution in [3.05, 3.63) is 69.2 Å². The maximum absolute atomic E-state index is 10.3. The van der Waals surface area contributed by atoms with Crippen LogP contribution < -0.4 is 0 Å². The third-order valence-corrected chi connectivity index (χ3v) is 4.35. The number of benzene rings is 2. The van der Waals surface area contributed by atoms with Gasteiger partial charge in [0.2, 0.25) is 0 Å². The normalized spacial score (nSPS) is 12.6. The molecule has 0 spiro atoms. The molecule has 0 amide bonds. The zero-order chi connectivity index (χ0) is 15.2. The van der Waals surface area contributed by atoms with Gasteiger partial charge in [0.05, 0.1) is 6.10 Å². The molecule has 1 unspecified atom stereocenters. The molecule has 1 N–H and O–H groups in total. The molecular formula is C17H19BrClNO. The summed E-state index contributed by atoms with van der Waals surface area (Å²) in [5, 5.41) is 11.0. The molecule has 1 atom stereocenters. The zero-order valence-corrected chi connectivity index (χ0v) is 14.3. The van der Waals surface area contributed by atoms with Crippen molar-refractivity contribution in [2.45, 2.75) is 19.1 Å². The van der Waals surface area contributed by atoms with Gasteiger partial charge < -0.3 is 10.0 Å². The van der Waals surface area contributed by atoms with E-state index in [0.717, 1.165) is 28.1 Å². The molecule has 2 aromatic rings. The van der Waals surface area contributed by atoms with Gasteiger partial charge in [-0.05, 0) is 42.8 Å². The van der Waals surface area contributed by atoms with Gasteiger partial charge in [0.25, 0.3) is 0 Å². The van der Waals surface area contributed by atoms with E-state index < -0.39 is 6.10 Å². The number of aliphatic hydroxyl groups is 1. The first-order valence-corrected chi connectivity index (χ1v) is 8.09. The second-order valence-electron chi connectivity index (χ2n) is 5.19. The first-order chi connectivity index (χ1) is 10.1. The smallest absolute Gasteiger partial charge is 0.0813 e. The van der Waals surface area contributed by atoms with Gasteiger partial charge in [0.1, 0.15) is 0 Å². The van der Waals surface area contributed by atoms with Crippen molar-refractivity contribution in [2.75, 3.05) is 13.6 Å². The van der Waals surface area contributed by atoms with Crippen LogP contribution in [0.15, 0.2) is 53.0 Å². The SMILES string of the molecule is CN(CCC(O)c1ccccc1Br)Cc1cccc(Cl)c1. The average Bonchev–Trinajstić information content (AvgIpc) is 2.45. The van der Waals surface area contributed by atoms with E-state index in [1.807, 2.05) is 49.5 Å². The van der Waals surface area contributed by atoms with Gasteiger partial charge in [-0.2, -0.15) is 0 Å². The lowest BCUT2D eigenvalue weighted by atomic mass is 10.1. The van der Waals surface area contributed by atoms with Gasteiger partial charge in [-0.1, -0.05) is 57.9 Å². The summed E-state index contributed by atoms with van der Waals surface area (Å²) in [4.78, 5) is 2.19. The molecule has 0 saturated heterocycles. The van der Waals surface area contributed by atoms with Crippen molar-refractivity contribution >= 4 is 27.5 Å². The Balaban J connectivity index is 1.86. The van der Waals surface area contributed by atoms with E-state index in [2.05, 4.69) is 26.9 Å². The fraction of sp³-hybridized carbons (Fsp3) is 0.294. The van der Waals surface area contributed by atoms with E-state index in [9.17, 15) is 5.11 Å². The van der Waals surface area contributed by atoms with Crippen LogP contribution in [0.3, 0.4) is 0 Å². The molecule has 2 nitrogen and oxygen atoms in total. The lowest BCUT2D eigenvalue weighted by molar-refractivity contribution is 0.147. The molecule has 0 aromatic heterocycles. The van der Waals surface area contributed by atoms with Crippen LogP contribution in [-0.2, 0) is 6.54 Å². The molecule has 0 aliphatic rings. The molecular weight excluding hydrogens is 350 g/mol. The van der Waals surface area contributed by atoms with Crippen molar-refractivity contribution in [3.63, 3.8) is 0 Å². The summed E-state index contributed by atoms with van der Waals surface area (Å²) in [7, 11) is 2.05. The minimum Gasteiger partial charge on any atom is -0.388 e. The van der Waals surface area contributed by atoms with E-state index in [1.54, 1.807) is 0 Å². The molecule has 2 rings (SSSR count). The van der Waals surface area contributed by atoms with Crippen molar-refractivity contribution in [1.82, 2.24) is 4.90 Å². The van der Waals surface area contributed by atoms with Crippen molar-refractivity contribution < 1.29 is 5.11 Å². The number of nitrogens with zero attached hydrogens (tertiary/aromatic N) is 1. The first-order valence-electron chi connectivity index (χ1n) is 6.92. The highest BCUT2D eigenvalue weighted by Crippen LogP contribution is 2.25. The van der Waals surface area contributed by atoms with Crippen LogP contribution in [0.5, 0.6) is 0 Å². The van der Waals surface area contributed by atoms with Gasteiger partial charge in [0.15, 0.2) is 0 Å². The minimum absolute atomic E-state index is 0.456. The van der Waals surface area contributed by atoms with Gasteiger partial charge in [0, 0.05) is 22.6 Å². The summed E-state index contributed by atoms with van der Waals surface area (Å²) in [6, 6.07) is 15.7. The van der Waals surface area contributed by atoms with Crippen LogP contribution in [0.1, 0.15) is 23.7 Å². The Morgan fingerprint density at radius 1 is 1.19 bits per heavy atom. The summed E-state index contributed by atoms with van der Waals surface area (Å²) < 4.78 is 0.954. The highest BCUT2D eigenvalue weighted by Gasteiger charge is 2.11. The highest BCUT2D eigenvalue weighted by molar-refractivity contribution is 9.10. The Bertz CT molecular complexity index is 591. The number of halogens is 2. The lowest BCUT2D eigenvalue weighted by Crippen LogP contribution is -2.21. The minimum atomic E-state index is -0.456. The molecule has 0 saturated carbocycles. The van der Waals surface area contributed by atoms with Gasteiger partial charge in [-0.3, -0.25) is 0 Å². The molecule has 0 aliphatic heterocycles. The van der Waals surface area contributed by atoms with Crippen molar-refractivity contribution in [2.24, 2.45) is 0 Å². The predicted molar refractivity (Wildman–Crippen MR) is 91.5 cm³/mol. The van der Waals surface area contributed by atoms with Crippen LogP contribution >= 0.6 is 27.5 Å². The Hall–Kier alpha value is -0.870. The Labute approximate surface area is 139 Å². The van der Waals surface area contributed by atoms with Crippen LogP contribution in [0.25, 0.3) is 0 Å². The third kappa shape index (κ3) is 5.11. The Morgan fingerprint density at radius 2 is 1.95 bits per heavy atom. The summed E-state index contributed by atoms with van der Waals surface area (Å²) in [6.45, 7) is 1.64. The summed E-state index contributed by atoms with van der Waals surface area (Å²) in [5.41, 5.74) is 2.12. The maximum Gasteiger partial charge on any atom is 0.0813 e. The van der Waals surface area contributed by atoms with Crippen LogP contribution in [0.2, 0.25) is 5.02 Å². The van der Waals surface area contributed by atoms with Crippen molar-refractivity contribution in [3.8, 4) is 0 Å². The van der Waals surface area contributed by atoms with Gasteiger partial charge in [-0.15, -0.1) is 0 Å². The number of hydrogen-bond donors (Lipinski definition) is 1. The van der Waals surface area contributed by atoms with Crippen molar-refractivity contribution in [1.29, 1.82) is 0 Å². The molecule has 0 fully saturated rings. The topological polar surface area (TPSA) is 23.5 Å². The van der Waals surface area contributed by atoms with Gasteiger partial charge in [-0.25, -0.2) is 0 Å². The summed E-state index contributed by atoms with van der Waals surface area (Å²) in [5.74, 6) is 0. The van der Waals surface area contributed by atoms with Crippen LogP contribution in [0.4, 0.5) is 0 Å². The fourth-order valence-electron chi connectivity index (χ4n) is 2.27. The number of rotatable bonds is 6. The first kappa shape index (κ1) is 16.5. The van der Waals surface area contributed by atoms with E-state index in [4.69, 9.17) is 11.6 Å². The van der Waals surface area contributed by atoms with E-state index in [0.29, 0.717) is 6.42 Å². The largest absolute Gasteiger partial charge is 0.388 e. The second kappa shape index (κ2) is 7.95. The number of aliphatic hydroxyl groups excluding tert-OH is 1. The quantitative estimate of drug-likeness (QED) is 0.801. The molecule has 0 heterocycles. The molecule has 4 heteroatoms. The highest BCUT2D eigenvalue weighted by atomic mass is 79.9. The van der Waals surface area contributed by atoms with Crippen LogP contribution in [-0.4, -0.2) is 23.6 Å². The third-order valence-electron chi connectivity index (χ3n) is 3.39. The molecule has 0 bridgehead atoms. The monoisotopic (exact) mass is 367 g/mol. The number of hydrogen-bond acceptors (Lipinski definition) is 2. The molecule has 0 radical (unpaired) electrons. The average molecular weight is 369 g/mol. The van der Waals surface area contributed by atoms with E-state index >= 15 is 0 Å².